The summed E-state index contributed by atoms with van der Waals surface area (Å²) in [4.78, 5) is 18.7. The average molecular weight is 274 g/mol. The van der Waals surface area contributed by atoms with Crippen LogP contribution in [0, 0.1) is 5.92 Å². The maximum Gasteiger partial charge on any atom is 0.318 e. The lowest BCUT2D eigenvalue weighted by Crippen LogP contribution is -2.29. The standard InChI is InChI=1S/C11H16ClN3O3/c1-6(2)8(4-9(16)17)14-10-7(12)5-13-11(15-10)18-3/h5-6,8H,4H2,1-3H3,(H,16,17)(H,13,14,15). The highest BCUT2D eigenvalue weighted by Crippen LogP contribution is 2.23. The maximum atomic E-state index is 10.8. The molecule has 1 unspecified atom stereocenters. The second-order valence-electron chi connectivity index (χ2n) is 4.15. The summed E-state index contributed by atoms with van der Waals surface area (Å²) >= 11 is 5.95. The van der Waals surface area contributed by atoms with Crippen LogP contribution in [0.1, 0.15) is 20.3 Å². The fraction of sp³-hybridized carbons (Fsp3) is 0.545. The van der Waals surface area contributed by atoms with Gasteiger partial charge in [-0.3, -0.25) is 4.79 Å². The number of carbonyl (C=O) groups is 1. The molecule has 7 heteroatoms. The molecule has 0 amide bonds. The number of carboxylic acid groups (broad SMARTS) is 1. The van der Waals surface area contributed by atoms with Crippen LogP contribution in [0.3, 0.4) is 0 Å². The number of hydrogen-bond donors (Lipinski definition) is 2. The maximum absolute atomic E-state index is 10.8. The topological polar surface area (TPSA) is 84.3 Å². The van der Waals surface area contributed by atoms with Crippen molar-refractivity contribution >= 4 is 23.4 Å². The van der Waals surface area contributed by atoms with E-state index in [0.29, 0.717) is 10.8 Å². The molecule has 6 nitrogen and oxygen atoms in total. The number of ether oxygens (including phenoxy) is 1. The minimum Gasteiger partial charge on any atom is -0.481 e. The van der Waals surface area contributed by atoms with Gasteiger partial charge < -0.3 is 15.2 Å². The van der Waals surface area contributed by atoms with Crippen LogP contribution in [0.25, 0.3) is 0 Å². The van der Waals surface area contributed by atoms with E-state index in [2.05, 4.69) is 15.3 Å². The van der Waals surface area contributed by atoms with E-state index in [4.69, 9.17) is 21.4 Å². The molecule has 1 heterocycles. The zero-order valence-corrected chi connectivity index (χ0v) is 11.2. The number of aromatic nitrogens is 2. The number of methoxy groups -OCH3 is 1. The Labute approximate surface area is 110 Å². The van der Waals surface area contributed by atoms with Crippen molar-refractivity contribution in [3.05, 3.63) is 11.2 Å². The number of anilines is 1. The van der Waals surface area contributed by atoms with Crippen LogP contribution in [-0.2, 0) is 4.79 Å². The number of nitrogens with zero attached hydrogens (tertiary/aromatic N) is 2. The molecule has 0 bridgehead atoms. The third-order valence-electron chi connectivity index (χ3n) is 2.43. The van der Waals surface area contributed by atoms with Gasteiger partial charge in [0.05, 0.1) is 19.7 Å². The molecular formula is C11H16ClN3O3. The smallest absolute Gasteiger partial charge is 0.318 e. The van der Waals surface area contributed by atoms with Gasteiger partial charge in [-0.2, -0.15) is 4.98 Å². The molecule has 0 aliphatic carbocycles. The van der Waals surface area contributed by atoms with Crippen molar-refractivity contribution in [3.8, 4) is 6.01 Å². The van der Waals surface area contributed by atoms with E-state index in [0.717, 1.165) is 0 Å². The highest BCUT2D eigenvalue weighted by atomic mass is 35.5. The second-order valence-corrected chi connectivity index (χ2v) is 4.55. The summed E-state index contributed by atoms with van der Waals surface area (Å²) < 4.78 is 4.90. The number of nitrogens with one attached hydrogen (secondary N) is 1. The number of carboxylic acids is 1. The first kappa shape index (κ1) is 14.5. The number of aliphatic carboxylic acids is 1. The van der Waals surface area contributed by atoms with E-state index in [1.807, 2.05) is 13.8 Å². The van der Waals surface area contributed by atoms with Gasteiger partial charge in [-0.05, 0) is 5.92 Å². The summed E-state index contributed by atoms with van der Waals surface area (Å²) in [5, 5.41) is 12.2. The van der Waals surface area contributed by atoms with Gasteiger partial charge in [0.2, 0.25) is 0 Å². The van der Waals surface area contributed by atoms with Crippen molar-refractivity contribution in [3.63, 3.8) is 0 Å². The SMILES string of the molecule is COc1ncc(Cl)c(NC(CC(=O)O)C(C)C)n1. The Morgan fingerprint density at radius 3 is 2.78 bits per heavy atom. The van der Waals surface area contributed by atoms with Crippen LogP contribution in [-0.4, -0.2) is 34.2 Å². The highest BCUT2D eigenvalue weighted by molar-refractivity contribution is 6.32. The van der Waals surface area contributed by atoms with E-state index >= 15 is 0 Å². The summed E-state index contributed by atoms with van der Waals surface area (Å²) in [5.41, 5.74) is 0. The average Bonchev–Trinajstić information content (AvgIpc) is 2.30. The lowest BCUT2D eigenvalue weighted by Gasteiger charge is -2.21. The van der Waals surface area contributed by atoms with Crippen molar-refractivity contribution in [1.82, 2.24) is 9.97 Å². The normalized spacial score (nSPS) is 12.3. The predicted octanol–water partition coefficient (Wildman–Crippen LogP) is 2.05. The lowest BCUT2D eigenvalue weighted by molar-refractivity contribution is -0.137. The zero-order chi connectivity index (χ0) is 13.7. The lowest BCUT2D eigenvalue weighted by atomic mass is 10.0. The second kappa shape index (κ2) is 6.39. The Morgan fingerprint density at radius 2 is 2.28 bits per heavy atom. The van der Waals surface area contributed by atoms with E-state index in [1.54, 1.807) is 0 Å². The molecule has 2 N–H and O–H groups in total. The van der Waals surface area contributed by atoms with Gasteiger partial charge in [-0.25, -0.2) is 4.98 Å². The van der Waals surface area contributed by atoms with Gasteiger partial charge in [0.15, 0.2) is 5.82 Å². The van der Waals surface area contributed by atoms with Crippen LogP contribution >= 0.6 is 11.6 Å². The summed E-state index contributed by atoms with van der Waals surface area (Å²) in [6.45, 7) is 3.85. The Hall–Kier alpha value is -1.56. The number of halogens is 1. The molecule has 0 spiro atoms. The van der Waals surface area contributed by atoms with E-state index in [1.165, 1.54) is 13.3 Å². The van der Waals surface area contributed by atoms with Crippen LogP contribution in [0.2, 0.25) is 5.02 Å². The first-order chi connectivity index (χ1) is 8.43. The Bertz CT molecular complexity index is 426. The predicted molar refractivity (Wildman–Crippen MR) is 68.1 cm³/mol. The molecule has 1 atom stereocenters. The third kappa shape index (κ3) is 4.03. The third-order valence-corrected chi connectivity index (χ3v) is 2.70. The van der Waals surface area contributed by atoms with Crippen LogP contribution in [0.15, 0.2) is 6.20 Å². The van der Waals surface area contributed by atoms with Gasteiger partial charge in [-0.15, -0.1) is 0 Å². The minimum absolute atomic E-state index is 0.0136. The first-order valence-corrected chi connectivity index (χ1v) is 5.86. The molecule has 0 fully saturated rings. The van der Waals surface area contributed by atoms with Gasteiger partial charge in [0.1, 0.15) is 5.02 Å². The van der Waals surface area contributed by atoms with Crippen molar-refractivity contribution in [2.75, 3.05) is 12.4 Å². The fourth-order valence-electron chi connectivity index (χ4n) is 1.37. The van der Waals surface area contributed by atoms with E-state index < -0.39 is 5.97 Å². The Morgan fingerprint density at radius 1 is 1.61 bits per heavy atom. The summed E-state index contributed by atoms with van der Waals surface area (Å²) in [6, 6.07) is -0.0839. The van der Waals surface area contributed by atoms with E-state index in [9.17, 15) is 4.79 Å². The van der Waals surface area contributed by atoms with Gasteiger partial charge in [0.25, 0.3) is 0 Å². The Kier molecular flexibility index (Phi) is 5.15. The van der Waals surface area contributed by atoms with Gasteiger partial charge >= 0.3 is 12.0 Å². The summed E-state index contributed by atoms with van der Waals surface area (Å²) in [5.74, 6) is -0.375. The molecule has 0 aliphatic rings. The van der Waals surface area contributed by atoms with Crippen LogP contribution in [0.4, 0.5) is 5.82 Å². The molecular weight excluding hydrogens is 258 g/mol. The molecule has 0 aliphatic heterocycles. The monoisotopic (exact) mass is 273 g/mol. The zero-order valence-electron chi connectivity index (χ0n) is 10.5. The molecule has 1 aromatic heterocycles. The molecule has 1 aromatic rings. The fourth-order valence-corrected chi connectivity index (χ4v) is 1.51. The van der Waals surface area contributed by atoms with Crippen molar-refractivity contribution < 1.29 is 14.6 Å². The molecule has 0 radical (unpaired) electrons. The summed E-state index contributed by atoms with van der Waals surface area (Å²) in [7, 11) is 1.45. The number of hydrogen-bond acceptors (Lipinski definition) is 5. The van der Waals surface area contributed by atoms with Crippen LogP contribution in [0.5, 0.6) is 6.01 Å². The number of rotatable bonds is 6. The first-order valence-electron chi connectivity index (χ1n) is 5.49. The Balaban J connectivity index is 2.88. The molecule has 100 valence electrons. The van der Waals surface area contributed by atoms with E-state index in [-0.39, 0.29) is 24.4 Å². The highest BCUT2D eigenvalue weighted by Gasteiger charge is 2.19. The van der Waals surface area contributed by atoms with Crippen molar-refractivity contribution in [1.29, 1.82) is 0 Å². The quantitative estimate of drug-likeness (QED) is 0.825. The summed E-state index contributed by atoms with van der Waals surface area (Å²) in [6.07, 6.45) is 1.40. The molecule has 1 rings (SSSR count). The molecule has 18 heavy (non-hydrogen) atoms. The minimum atomic E-state index is -0.877. The van der Waals surface area contributed by atoms with Gasteiger partial charge in [0, 0.05) is 6.04 Å². The van der Waals surface area contributed by atoms with Crippen molar-refractivity contribution in [2.45, 2.75) is 26.3 Å². The molecule has 0 saturated heterocycles. The van der Waals surface area contributed by atoms with Crippen LogP contribution < -0.4 is 10.1 Å². The molecule has 0 aromatic carbocycles. The van der Waals surface area contributed by atoms with Crippen molar-refractivity contribution in [2.24, 2.45) is 5.92 Å². The molecule has 0 saturated carbocycles. The van der Waals surface area contributed by atoms with Gasteiger partial charge in [-0.1, -0.05) is 25.4 Å². The largest absolute Gasteiger partial charge is 0.481 e.